The van der Waals surface area contributed by atoms with Crippen LogP contribution in [0.2, 0.25) is 0 Å². The molecular formula is C11H18N2O3. The van der Waals surface area contributed by atoms with Gasteiger partial charge in [0.1, 0.15) is 0 Å². The van der Waals surface area contributed by atoms with Gasteiger partial charge < -0.3 is 14.4 Å². The van der Waals surface area contributed by atoms with Crippen LogP contribution in [0, 0.1) is 0 Å². The molecule has 2 heterocycles. The monoisotopic (exact) mass is 226 g/mol. The van der Waals surface area contributed by atoms with Gasteiger partial charge in [-0.3, -0.25) is 0 Å². The van der Waals surface area contributed by atoms with Crippen molar-refractivity contribution in [3.05, 3.63) is 11.7 Å². The molecule has 0 atom stereocenters. The Bertz CT molecular complexity index is 308. The number of unbranched alkanes of at least 4 members (excludes halogenated alkanes) is 1. The van der Waals surface area contributed by atoms with E-state index in [0.717, 1.165) is 51.1 Å². The summed E-state index contributed by atoms with van der Waals surface area (Å²) in [6, 6.07) is 0. The molecule has 2 rings (SSSR count). The van der Waals surface area contributed by atoms with Crippen molar-refractivity contribution in [3.63, 3.8) is 0 Å². The van der Waals surface area contributed by atoms with Gasteiger partial charge in [-0.2, -0.15) is 4.98 Å². The van der Waals surface area contributed by atoms with E-state index in [1.807, 2.05) is 0 Å². The molecular weight excluding hydrogens is 208 g/mol. The lowest BCUT2D eigenvalue weighted by molar-refractivity contribution is 0.0830. The first-order valence-electron chi connectivity index (χ1n) is 5.91. The van der Waals surface area contributed by atoms with Crippen LogP contribution in [-0.2, 0) is 11.2 Å². The summed E-state index contributed by atoms with van der Waals surface area (Å²) in [7, 11) is 0. The third-order valence-corrected chi connectivity index (χ3v) is 2.87. The molecule has 0 aromatic carbocycles. The Kier molecular flexibility index (Phi) is 4.30. The predicted molar refractivity (Wildman–Crippen MR) is 57.1 cm³/mol. The molecule has 90 valence electrons. The first-order valence-corrected chi connectivity index (χ1v) is 5.91. The van der Waals surface area contributed by atoms with E-state index in [-0.39, 0.29) is 6.61 Å². The van der Waals surface area contributed by atoms with Crippen molar-refractivity contribution in [2.24, 2.45) is 0 Å². The van der Waals surface area contributed by atoms with Gasteiger partial charge in [-0.05, 0) is 25.7 Å². The molecule has 0 unspecified atom stereocenters. The lowest BCUT2D eigenvalue weighted by Crippen LogP contribution is -2.15. The summed E-state index contributed by atoms with van der Waals surface area (Å²) >= 11 is 0. The fourth-order valence-corrected chi connectivity index (χ4v) is 1.88. The number of aromatic nitrogens is 2. The van der Waals surface area contributed by atoms with Crippen molar-refractivity contribution in [1.82, 2.24) is 10.1 Å². The number of aliphatic hydroxyl groups excluding tert-OH is 1. The maximum Gasteiger partial charge on any atom is 0.226 e. The fraction of sp³-hybridized carbons (Fsp3) is 0.818. The minimum Gasteiger partial charge on any atom is -0.396 e. The highest BCUT2D eigenvalue weighted by molar-refractivity contribution is 4.96. The summed E-state index contributed by atoms with van der Waals surface area (Å²) in [5, 5.41) is 12.7. The minimum absolute atomic E-state index is 0.223. The molecule has 1 fully saturated rings. The maximum absolute atomic E-state index is 8.67. The van der Waals surface area contributed by atoms with Crippen molar-refractivity contribution in [2.75, 3.05) is 19.8 Å². The van der Waals surface area contributed by atoms with Crippen molar-refractivity contribution in [2.45, 2.75) is 38.0 Å². The van der Waals surface area contributed by atoms with Crippen molar-refractivity contribution < 1.29 is 14.4 Å². The molecule has 1 aliphatic heterocycles. The third-order valence-electron chi connectivity index (χ3n) is 2.87. The summed E-state index contributed by atoms with van der Waals surface area (Å²) in [4.78, 5) is 4.39. The molecule has 0 aliphatic carbocycles. The lowest BCUT2D eigenvalue weighted by atomic mass is 10.00. The van der Waals surface area contributed by atoms with E-state index >= 15 is 0 Å². The molecule has 1 aliphatic rings. The standard InChI is InChI=1S/C11H18N2O3/c14-6-2-1-3-10-12-11(13-16-10)9-4-7-15-8-5-9/h9,14H,1-8H2. The van der Waals surface area contributed by atoms with E-state index in [9.17, 15) is 0 Å². The van der Waals surface area contributed by atoms with E-state index in [2.05, 4.69) is 10.1 Å². The average Bonchev–Trinajstić information content (AvgIpc) is 2.79. The Hall–Kier alpha value is -0.940. The molecule has 0 saturated carbocycles. The summed E-state index contributed by atoms with van der Waals surface area (Å²) in [6.45, 7) is 1.80. The van der Waals surface area contributed by atoms with Gasteiger partial charge in [0, 0.05) is 32.2 Å². The quantitative estimate of drug-likeness (QED) is 0.766. The van der Waals surface area contributed by atoms with Crippen LogP contribution in [0.1, 0.15) is 43.3 Å². The largest absolute Gasteiger partial charge is 0.396 e. The smallest absolute Gasteiger partial charge is 0.226 e. The highest BCUT2D eigenvalue weighted by Crippen LogP contribution is 2.24. The molecule has 0 bridgehead atoms. The van der Waals surface area contributed by atoms with E-state index in [1.54, 1.807) is 0 Å². The maximum atomic E-state index is 8.67. The van der Waals surface area contributed by atoms with Crippen LogP contribution in [0.25, 0.3) is 0 Å². The van der Waals surface area contributed by atoms with Gasteiger partial charge in [-0.15, -0.1) is 0 Å². The highest BCUT2D eigenvalue weighted by atomic mass is 16.5. The van der Waals surface area contributed by atoms with Gasteiger partial charge in [-0.25, -0.2) is 0 Å². The highest BCUT2D eigenvalue weighted by Gasteiger charge is 2.20. The molecule has 1 aromatic rings. The van der Waals surface area contributed by atoms with E-state index in [4.69, 9.17) is 14.4 Å². The van der Waals surface area contributed by atoms with Crippen molar-refractivity contribution in [3.8, 4) is 0 Å². The number of hydrogen-bond acceptors (Lipinski definition) is 5. The topological polar surface area (TPSA) is 68.4 Å². The number of nitrogens with zero attached hydrogens (tertiary/aromatic N) is 2. The zero-order valence-electron chi connectivity index (χ0n) is 9.39. The van der Waals surface area contributed by atoms with E-state index in [1.165, 1.54) is 0 Å². The SMILES string of the molecule is OCCCCc1nc(C2CCOCC2)no1. The van der Waals surface area contributed by atoms with E-state index < -0.39 is 0 Å². The molecule has 5 heteroatoms. The number of ether oxygens (including phenoxy) is 1. The van der Waals surface area contributed by atoms with Gasteiger partial charge in [0.2, 0.25) is 5.89 Å². The Balaban J connectivity index is 1.85. The van der Waals surface area contributed by atoms with Gasteiger partial charge in [0.25, 0.3) is 0 Å². The van der Waals surface area contributed by atoms with Gasteiger partial charge in [-0.1, -0.05) is 5.16 Å². The van der Waals surface area contributed by atoms with E-state index in [0.29, 0.717) is 11.8 Å². The van der Waals surface area contributed by atoms with Crippen molar-refractivity contribution in [1.29, 1.82) is 0 Å². The fourth-order valence-electron chi connectivity index (χ4n) is 1.88. The molecule has 1 aromatic heterocycles. The van der Waals surface area contributed by atoms with Crippen molar-refractivity contribution >= 4 is 0 Å². The van der Waals surface area contributed by atoms with Gasteiger partial charge >= 0.3 is 0 Å². The van der Waals surface area contributed by atoms with Gasteiger partial charge in [0.05, 0.1) is 0 Å². The van der Waals surface area contributed by atoms with Crippen LogP contribution in [-0.4, -0.2) is 35.1 Å². The van der Waals surface area contributed by atoms with Crippen LogP contribution >= 0.6 is 0 Å². The Labute approximate surface area is 94.8 Å². The predicted octanol–water partition coefficient (Wildman–Crippen LogP) is 1.28. The van der Waals surface area contributed by atoms with Crippen LogP contribution in [0.15, 0.2) is 4.52 Å². The molecule has 1 saturated heterocycles. The molecule has 1 N–H and O–H groups in total. The second-order valence-corrected chi connectivity index (χ2v) is 4.11. The van der Waals surface area contributed by atoms with Crippen LogP contribution in [0.4, 0.5) is 0 Å². The summed E-state index contributed by atoms with van der Waals surface area (Å²) in [5.74, 6) is 1.90. The third kappa shape index (κ3) is 3.02. The first-order chi connectivity index (χ1) is 7.90. The van der Waals surface area contributed by atoms with Crippen LogP contribution in [0.5, 0.6) is 0 Å². The Morgan fingerprint density at radius 1 is 1.25 bits per heavy atom. The lowest BCUT2D eigenvalue weighted by Gasteiger charge is -2.18. The zero-order chi connectivity index (χ0) is 11.2. The number of hydrogen-bond donors (Lipinski definition) is 1. The normalized spacial score (nSPS) is 17.8. The zero-order valence-corrected chi connectivity index (χ0v) is 9.39. The minimum atomic E-state index is 0.223. The second-order valence-electron chi connectivity index (χ2n) is 4.11. The summed E-state index contributed by atoms with van der Waals surface area (Å²) in [6.07, 6.45) is 4.41. The Morgan fingerprint density at radius 2 is 2.06 bits per heavy atom. The van der Waals surface area contributed by atoms with Gasteiger partial charge in [0.15, 0.2) is 5.82 Å². The number of aryl methyl sites for hydroxylation is 1. The molecule has 0 spiro atoms. The summed E-state index contributed by atoms with van der Waals surface area (Å²) < 4.78 is 10.5. The Morgan fingerprint density at radius 3 is 2.81 bits per heavy atom. The molecule has 0 amide bonds. The summed E-state index contributed by atoms with van der Waals surface area (Å²) in [5.41, 5.74) is 0. The number of aliphatic hydroxyl groups is 1. The molecule has 5 nitrogen and oxygen atoms in total. The molecule has 16 heavy (non-hydrogen) atoms. The second kappa shape index (κ2) is 5.96. The van der Waals surface area contributed by atoms with Crippen LogP contribution < -0.4 is 0 Å². The molecule has 0 radical (unpaired) electrons. The number of rotatable bonds is 5. The first kappa shape index (κ1) is 11.5. The average molecular weight is 226 g/mol. The van der Waals surface area contributed by atoms with Crippen LogP contribution in [0.3, 0.4) is 0 Å².